The Kier molecular flexibility index (Phi) is 6.06. The minimum absolute atomic E-state index is 0.0322. The smallest absolute Gasteiger partial charge is 0.340 e. The maximum atomic E-state index is 12.0. The van der Waals surface area contributed by atoms with Gasteiger partial charge in [-0.1, -0.05) is 26.0 Å². The highest BCUT2D eigenvalue weighted by Gasteiger charge is 2.18. The molecule has 4 nitrogen and oxygen atoms in total. The van der Waals surface area contributed by atoms with Gasteiger partial charge in [-0.15, -0.1) is 0 Å². The number of anilines is 1. The van der Waals surface area contributed by atoms with Crippen molar-refractivity contribution in [1.29, 1.82) is 0 Å². The first-order valence-electron chi connectivity index (χ1n) is 6.70. The lowest BCUT2D eigenvalue weighted by atomic mass is 10.0. The van der Waals surface area contributed by atoms with Crippen molar-refractivity contribution in [1.82, 2.24) is 0 Å². The molecule has 0 saturated heterocycles. The summed E-state index contributed by atoms with van der Waals surface area (Å²) in [6, 6.07) is 6.90. The molecule has 104 valence electrons. The molecule has 0 saturated carbocycles. The molecule has 0 radical (unpaired) electrons. The van der Waals surface area contributed by atoms with Crippen molar-refractivity contribution in [3.05, 3.63) is 29.8 Å². The Morgan fingerprint density at radius 2 is 1.79 bits per heavy atom. The molecule has 1 aromatic carbocycles. The third-order valence-corrected chi connectivity index (χ3v) is 3.04. The zero-order valence-electron chi connectivity index (χ0n) is 11.7. The van der Waals surface area contributed by atoms with Crippen LogP contribution < -0.4 is 5.32 Å². The number of hydrogen-bond acceptors (Lipinski definition) is 3. The summed E-state index contributed by atoms with van der Waals surface area (Å²) in [6.07, 6.45) is 1.56. The minimum Gasteiger partial charge on any atom is -0.462 e. The fraction of sp³-hybridized carbons (Fsp3) is 0.467. The molecule has 0 aliphatic heterocycles. The largest absolute Gasteiger partial charge is 0.462 e. The molecule has 1 N–H and O–H groups in total. The van der Waals surface area contributed by atoms with Crippen LogP contribution in [0.5, 0.6) is 0 Å². The minimum atomic E-state index is -0.414. The topological polar surface area (TPSA) is 55.4 Å². The van der Waals surface area contributed by atoms with Crippen molar-refractivity contribution < 1.29 is 14.3 Å². The van der Waals surface area contributed by atoms with E-state index in [0.29, 0.717) is 17.9 Å². The van der Waals surface area contributed by atoms with Crippen molar-refractivity contribution in [2.75, 3.05) is 11.9 Å². The van der Waals surface area contributed by atoms with Crippen LogP contribution in [0.1, 0.15) is 44.0 Å². The van der Waals surface area contributed by atoms with Crippen LogP contribution in [0.3, 0.4) is 0 Å². The second-order valence-corrected chi connectivity index (χ2v) is 4.27. The van der Waals surface area contributed by atoms with Gasteiger partial charge in [0.05, 0.1) is 17.9 Å². The van der Waals surface area contributed by atoms with Crippen LogP contribution in [-0.2, 0) is 9.53 Å². The molecule has 0 aromatic heterocycles. The van der Waals surface area contributed by atoms with Crippen LogP contribution in [0.2, 0.25) is 0 Å². The van der Waals surface area contributed by atoms with Gasteiger partial charge in [0, 0.05) is 5.92 Å². The monoisotopic (exact) mass is 263 g/mol. The Bertz CT molecular complexity index is 439. The molecule has 0 bridgehead atoms. The number of rotatable bonds is 6. The van der Waals surface area contributed by atoms with Crippen LogP contribution >= 0.6 is 0 Å². The van der Waals surface area contributed by atoms with Gasteiger partial charge in [0.25, 0.3) is 0 Å². The van der Waals surface area contributed by atoms with Gasteiger partial charge in [-0.2, -0.15) is 0 Å². The maximum absolute atomic E-state index is 12.0. The van der Waals surface area contributed by atoms with Crippen molar-refractivity contribution >= 4 is 17.6 Å². The summed E-state index contributed by atoms with van der Waals surface area (Å²) >= 11 is 0. The Morgan fingerprint density at radius 3 is 2.37 bits per heavy atom. The van der Waals surface area contributed by atoms with E-state index < -0.39 is 5.97 Å². The van der Waals surface area contributed by atoms with E-state index in [1.54, 1.807) is 31.2 Å². The predicted octanol–water partition coefficient (Wildman–Crippen LogP) is 3.24. The van der Waals surface area contributed by atoms with Gasteiger partial charge in [-0.25, -0.2) is 4.79 Å². The van der Waals surface area contributed by atoms with Crippen LogP contribution in [-0.4, -0.2) is 18.5 Å². The molecule has 0 atom stereocenters. The van der Waals surface area contributed by atoms with E-state index in [0.717, 1.165) is 12.8 Å². The van der Waals surface area contributed by atoms with Gasteiger partial charge in [0.2, 0.25) is 5.91 Å². The lowest BCUT2D eigenvalue weighted by Gasteiger charge is -2.14. The van der Waals surface area contributed by atoms with Crippen LogP contribution in [0, 0.1) is 5.92 Å². The summed E-state index contributed by atoms with van der Waals surface area (Å²) < 4.78 is 4.97. The average molecular weight is 263 g/mol. The first-order valence-corrected chi connectivity index (χ1v) is 6.70. The number of carbonyl (C=O) groups excluding carboxylic acids is 2. The zero-order valence-corrected chi connectivity index (χ0v) is 11.7. The molecule has 0 spiro atoms. The standard InChI is InChI=1S/C15H21NO3/c1-4-11(5-2)14(17)16-13-10-8-7-9-12(13)15(18)19-6-3/h7-11H,4-6H2,1-3H3,(H,16,17). The quantitative estimate of drug-likeness (QED) is 0.802. The number of para-hydroxylation sites is 1. The summed E-state index contributed by atoms with van der Waals surface area (Å²) in [4.78, 5) is 23.8. The number of amides is 1. The molecule has 4 heteroatoms. The summed E-state index contributed by atoms with van der Waals surface area (Å²) in [5.41, 5.74) is 0.904. The van der Waals surface area contributed by atoms with E-state index in [1.807, 2.05) is 13.8 Å². The lowest BCUT2D eigenvalue weighted by Crippen LogP contribution is -2.23. The predicted molar refractivity (Wildman–Crippen MR) is 75.1 cm³/mol. The normalized spacial score (nSPS) is 10.3. The molecular weight excluding hydrogens is 242 g/mol. The van der Waals surface area contributed by atoms with Crippen LogP contribution in [0.15, 0.2) is 24.3 Å². The third-order valence-electron chi connectivity index (χ3n) is 3.04. The fourth-order valence-corrected chi connectivity index (χ4v) is 1.87. The first kappa shape index (κ1) is 15.2. The number of benzene rings is 1. The lowest BCUT2D eigenvalue weighted by molar-refractivity contribution is -0.120. The Balaban J connectivity index is 2.89. The van der Waals surface area contributed by atoms with Crippen molar-refractivity contribution in [3.8, 4) is 0 Å². The van der Waals surface area contributed by atoms with Crippen molar-refractivity contribution in [2.24, 2.45) is 5.92 Å². The summed E-state index contributed by atoms with van der Waals surface area (Å²) in [5, 5.41) is 2.81. The van der Waals surface area contributed by atoms with Gasteiger partial charge in [-0.05, 0) is 31.9 Å². The molecule has 19 heavy (non-hydrogen) atoms. The highest BCUT2D eigenvalue weighted by atomic mass is 16.5. The van der Waals surface area contributed by atoms with E-state index in [2.05, 4.69) is 5.32 Å². The number of hydrogen-bond donors (Lipinski definition) is 1. The molecule has 0 aliphatic rings. The molecule has 0 fully saturated rings. The number of carbonyl (C=O) groups is 2. The second-order valence-electron chi connectivity index (χ2n) is 4.27. The molecule has 0 unspecified atom stereocenters. The Labute approximate surface area is 114 Å². The van der Waals surface area contributed by atoms with E-state index >= 15 is 0 Å². The number of ether oxygens (including phenoxy) is 1. The molecule has 1 amide bonds. The highest BCUT2D eigenvalue weighted by Crippen LogP contribution is 2.18. The van der Waals surface area contributed by atoms with Crippen LogP contribution in [0.25, 0.3) is 0 Å². The van der Waals surface area contributed by atoms with Crippen molar-refractivity contribution in [2.45, 2.75) is 33.6 Å². The highest BCUT2D eigenvalue weighted by molar-refractivity contribution is 6.01. The zero-order chi connectivity index (χ0) is 14.3. The third kappa shape index (κ3) is 4.09. The van der Waals surface area contributed by atoms with Crippen LogP contribution in [0.4, 0.5) is 5.69 Å². The second kappa shape index (κ2) is 7.56. The summed E-state index contributed by atoms with van der Waals surface area (Å²) in [7, 11) is 0. The molecule has 1 aromatic rings. The first-order chi connectivity index (χ1) is 9.13. The van der Waals surface area contributed by atoms with Gasteiger partial charge < -0.3 is 10.1 Å². The summed E-state index contributed by atoms with van der Waals surface area (Å²) in [5.74, 6) is -0.500. The Morgan fingerprint density at radius 1 is 1.16 bits per heavy atom. The molecule has 0 heterocycles. The van der Waals surface area contributed by atoms with Gasteiger partial charge >= 0.3 is 5.97 Å². The summed E-state index contributed by atoms with van der Waals surface area (Å²) in [6.45, 7) is 6.02. The fourth-order valence-electron chi connectivity index (χ4n) is 1.87. The van der Waals surface area contributed by atoms with Crippen molar-refractivity contribution in [3.63, 3.8) is 0 Å². The maximum Gasteiger partial charge on any atom is 0.340 e. The number of esters is 1. The van der Waals surface area contributed by atoms with E-state index in [4.69, 9.17) is 4.74 Å². The SMILES string of the molecule is CCOC(=O)c1ccccc1NC(=O)C(CC)CC. The number of nitrogens with one attached hydrogen (secondary N) is 1. The van der Waals surface area contributed by atoms with E-state index in [-0.39, 0.29) is 11.8 Å². The molecular formula is C15H21NO3. The van der Waals surface area contributed by atoms with Gasteiger partial charge in [0.1, 0.15) is 0 Å². The molecule has 0 aliphatic carbocycles. The Hall–Kier alpha value is -1.84. The van der Waals surface area contributed by atoms with Gasteiger partial charge in [-0.3, -0.25) is 4.79 Å². The molecule has 1 rings (SSSR count). The van der Waals surface area contributed by atoms with E-state index in [9.17, 15) is 9.59 Å². The van der Waals surface area contributed by atoms with Gasteiger partial charge in [0.15, 0.2) is 0 Å². The average Bonchev–Trinajstić information content (AvgIpc) is 2.41. The van der Waals surface area contributed by atoms with E-state index in [1.165, 1.54) is 0 Å².